The lowest BCUT2D eigenvalue weighted by Crippen LogP contribution is -2.33. The van der Waals surface area contributed by atoms with Gasteiger partial charge in [0.1, 0.15) is 5.25 Å². The monoisotopic (exact) mass is 323 g/mol. The number of carbonyl (C=O) groups excluding carboxylic acids is 1. The summed E-state index contributed by atoms with van der Waals surface area (Å²) in [5, 5.41) is -0.456. The molecule has 0 aromatic heterocycles. The second kappa shape index (κ2) is 6.28. The van der Waals surface area contributed by atoms with Crippen LogP contribution in [0.25, 0.3) is 0 Å². The van der Waals surface area contributed by atoms with Crippen molar-refractivity contribution in [3.05, 3.63) is 70.7 Å². The Morgan fingerprint density at radius 2 is 1.52 bits per heavy atom. The summed E-state index contributed by atoms with van der Waals surface area (Å²) >= 11 is 5.84. The van der Waals surface area contributed by atoms with Gasteiger partial charge in [-0.3, -0.25) is 9.52 Å². The Morgan fingerprint density at radius 3 is 2.05 bits per heavy atom. The van der Waals surface area contributed by atoms with Gasteiger partial charge in [-0.15, -0.1) is 0 Å². The van der Waals surface area contributed by atoms with E-state index in [9.17, 15) is 13.2 Å². The molecule has 110 valence electrons. The number of rotatable bonds is 4. The SMILES string of the molecule is CC(=O)NS(=O)(=O)C(c1ccccc1)c1ccc(Cl)cc1. The highest BCUT2D eigenvalue weighted by molar-refractivity contribution is 7.90. The molecule has 4 nitrogen and oxygen atoms in total. The van der Waals surface area contributed by atoms with E-state index < -0.39 is 21.2 Å². The summed E-state index contributed by atoms with van der Waals surface area (Å²) in [4.78, 5) is 11.2. The number of hydrogen-bond acceptors (Lipinski definition) is 3. The molecular weight excluding hydrogens is 310 g/mol. The fourth-order valence-electron chi connectivity index (χ4n) is 2.08. The van der Waals surface area contributed by atoms with Gasteiger partial charge in [0.15, 0.2) is 0 Å². The van der Waals surface area contributed by atoms with Crippen molar-refractivity contribution < 1.29 is 13.2 Å². The third-order valence-electron chi connectivity index (χ3n) is 2.87. The van der Waals surface area contributed by atoms with E-state index in [4.69, 9.17) is 11.6 Å². The topological polar surface area (TPSA) is 63.2 Å². The first kappa shape index (κ1) is 15.5. The number of amides is 1. The third-order valence-corrected chi connectivity index (χ3v) is 4.86. The molecule has 0 saturated heterocycles. The molecule has 6 heteroatoms. The molecule has 1 atom stereocenters. The Labute approximate surface area is 128 Å². The molecule has 1 N–H and O–H groups in total. The minimum atomic E-state index is -3.88. The number of nitrogens with one attached hydrogen (secondary N) is 1. The van der Waals surface area contributed by atoms with Gasteiger partial charge in [0, 0.05) is 11.9 Å². The van der Waals surface area contributed by atoms with Gasteiger partial charge in [-0.2, -0.15) is 0 Å². The molecule has 2 rings (SSSR count). The summed E-state index contributed by atoms with van der Waals surface area (Å²) in [7, 11) is -3.88. The molecule has 0 bridgehead atoms. The molecule has 0 fully saturated rings. The molecule has 2 aromatic carbocycles. The number of hydrogen-bond donors (Lipinski definition) is 1. The van der Waals surface area contributed by atoms with Crippen molar-refractivity contribution >= 4 is 27.5 Å². The lowest BCUT2D eigenvalue weighted by atomic mass is 10.0. The molecule has 1 amide bonds. The molecule has 0 aliphatic carbocycles. The van der Waals surface area contributed by atoms with Gasteiger partial charge in [0.05, 0.1) is 0 Å². The number of benzene rings is 2. The summed E-state index contributed by atoms with van der Waals surface area (Å²) in [6, 6.07) is 15.2. The van der Waals surface area contributed by atoms with E-state index in [2.05, 4.69) is 0 Å². The van der Waals surface area contributed by atoms with Crippen LogP contribution in [0.5, 0.6) is 0 Å². The summed E-state index contributed by atoms with van der Waals surface area (Å²) < 4.78 is 27.0. The summed E-state index contributed by atoms with van der Waals surface area (Å²) in [5.41, 5.74) is 1.12. The second-order valence-electron chi connectivity index (χ2n) is 4.55. The highest BCUT2D eigenvalue weighted by Gasteiger charge is 2.29. The van der Waals surface area contributed by atoms with Gasteiger partial charge >= 0.3 is 0 Å². The van der Waals surface area contributed by atoms with E-state index in [-0.39, 0.29) is 0 Å². The first-order valence-electron chi connectivity index (χ1n) is 6.23. The van der Waals surface area contributed by atoms with Crippen LogP contribution in [0, 0.1) is 0 Å². The zero-order valence-electron chi connectivity index (χ0n) is 11.3. The van der Waals surface area contributed by atoms with Crippen molar-refractivity contribution in [3.8, 4) is 0 Å². The van der Waals surface area contributed by atoms with Gasteiger partial charge < -0.3 is 0 Å². The van der Waals surface area contributed by atoms with E-state index in [0.29, 0.717) is 16.1 Å². The zero-order chi connectivity index (χ0) is 15.5. The molecule has 0 aliphatic rings. The molecule has 0 spiro atoms. The fraction of sp³-hybridized carbons (Fsp3) is 0.133. The van der Waals surface area contributed by atoms with Gasteiger partial charge in [-0.25, -0.2) is 8.42 Å². The van der Waals surface area contributed by atoms with Crippen molar-refractivity contribution in [2.75, 3.05) is 0 Å². The molecule has 0 radical (unpaired) electrons. The maximum atomic E-state index is 12.5. The summed E-state index contributed by atoms with van der Waals surface area (Å²) in [6.45, 7) is 1.17. The molecule has 2 aromatic rings. The largest absolute Gasteiger partial charge is 0.274 e. The standard InChI is InChI=1S/C15H14ClNO3S/c1-11(18)17-21(19,20)15(12-5-3-2-4-6-12)13-7-9-14(16)10-8-13/h2-10,15H,1H3,(H,17,18). The van der Waals surface area contributed by atoms with Crippen LogP contribution in [0.2, 0.25) is 5.02 Å². The van der Waals surface area contributed by atoms with E-state index in [1.165, 1.54) is 6.92 Å². The highest BCUT2D eigenvalue weighted by atomic mass is 35.5. The molecule has 0 aliphatic heterocycles. The average Bonchev–Trinajstić information content (AvgIpc) is 2.41. The average molecular weight is 324 g/mol. The van der Waals surface area contributed by atoms with Crippen molar-refractivity contribution in [2.45, 2.75) is 12.2 Å². The Hall–Kier alpha value is -1.85. The van der Waals surface area contributed by atoms with E-state index >= 15 is 0 Å². The van der Waals surface area contributed by atoms with E-state index in [1.54, 1.807) is 54.6 Å². The van der Waals surface area contributed by atoms with E-state index in [0.717, 1.165) is 0 Å². The van der Waals surface area contributed by atoms with Crippen molar-refractivity contribution in [2.24, 2.45) is 0 Å². The number of halogens is 1. The Morgan fingerprint density at radius 1 is 1.00 bits per heavy atom. The lowest BCUT2D eigenvalue weighted by molar-refractivity contribution is -0.117. The smallest absolute Gasteiger partial charge is 0.246 e. The van der Waals surface area contributed by atoms with Crippen molar-refractivity contribution in [1.82, 2.24) is 4.72 Å². The maximum absolute atomic E-state index is 12.5. The Bertz CT molecular complexity index is 727. The van der Waals surface area contributed by atoms with E-state index in [1.807, 2.05) is 4.72 Å². The molecule has 0 saturated carbocycles. The molecular formula is C15H14ClNO3S. The highest BCUT2D eigenvalue weighted by Crippen LogP contribution is 2.30. The second-order valence-corrected chi connectivity index (χ2v) is 6.75. The van der Waals surface area contributed by atoms with Crippen LogP contribution in [-0.4, -0.2) is 14.3 Å². The van der Waals surface area contributed by atoms with Crippen LogP contribution < -0.4 is 4.72 Å². The predicted octanol–water partition coefficient (Wildman–Crippen LogP) is 2.90. The maximum Gasteiger partial charge on any atom is 0.246 e. The van der Waals surface area contributed by atoms with Crippen LogP contribution in [0.1, 0.15) is 23.3 Å². The van der Waals surface area contributed by atoms with Gasteiger partial charge in [-0.1, -0.05) is 54.1 Å². The van der Waals surface area contributed by atoms with Crippen LogP contribution in [0.3, 0.4) is 0 Å². The van der Waals surface area contributed by atoms with Crippen molar-refractivity contribution in [1.29, 1.82) is 0 Å². The Kier molecular flexibility index (Phi) is 4.65. The summed E-state index contributed by atoms with van der Waals surface area (Å²) in [6.07, 6.45) is 0. The first-order chi connectivity index (χ1) is 9.90. The van der Waals surface area contributed by atoms with Crippen LogP contribution in [0.15, 0.2) is 54.6 Å². The quantitative estimate of drug-likeness (QED) is 0.941. The van der Waals surface area contributed by atoms with Crippen molar-refractivity contribution in [3.63, 3.8) is 0 Å². The molecule has 1 unspecified atom stereocenters. The first-order valence-corrected chi connectivity index (χ1v) is 8.15. The van der Waals surface area contributed by atoms with Gasteiger partial charge in [-0.05, 0) is 23.3 Å². The predicted molar refractivity (Wildman–Crippen MR) is 82.5 cm³/mol. The molecule has 21 heavy (non-hydrogen) atoms. The van der Waals surface area contributed by atoms with Crippen LogP contribution in [0.4, 0.5) is 0 Å². The minimum Gasteiger partial charge on any atom is -0.274 e. The molecule has 0 heterocycles. The third kappa shape index (κ3) is 3.83. The lowest BCUT2D eigenvalue weighted by Gasteiger charge is -2.18. The normalized spacial score (nSPS) is 12.7. The van der Waals surface area contributed by atoms with Gasteiger partial charge in [0.2, 0.25) is 15.9 Å². The fourth-order valence-corrected chi connectivity index (χ4v) is 3.75. The van der Waals surface area contributed by atoms with Gasteiger partial charge in [0.25, 0.3) is 0 Å². The number of sulfonamides is 1. The number of carbonyl (C=O) groups is 1. The minimum absolute atomic E-state index is 0.516. The Balaban J connectivity index is 2.55. The van der Waals surface area contributed by atoms with Crippen LogP contribution >= 0.6 is 11.6 Å². The zero-order valence-corrected chi connectivity index (χ0v) is 12.9. The van der Waals surface area contributed by atoms with Crippen LogP contribution in [-0.2, 0) is 14.8 Å². The summed E-state index contributed by atoms with van der Waals surface area (Å²) in [5.74, 6) is -0.620.